The Bertz CT molecular complexity index is 1010. The number of carbonyl (C=O) groups excluding carboxylic acids is 1. The summed E-state index contributed by atoms with van der Waals surface area (Å²) in [6, 6.07) is 11.8. The minimum atomic E-state index is -0.468. The first-order valence-corrected chi connectivity index (χ1v) is 8.65. The first kappa shape index (κ1) is 19.1. The molecule has 0 atom stereocenters. The van der Waals surface area contributed by atoms with Gasteiger partial charge in [0.05, 0.1) is 11.1 Å². The Kier molecular flexibility index (Phi) is 5.69. The highest BCUT2D eigenvalue weighted by molar-refractivity contribution is 5.94. The van der Waals surface area contributed by atoms with Crippen LogP contribution in [0.25, 0.3) is 0 Å². The molecule has 3 aromatic rings. The molecule has 0 unspecified atom stereocenters. The molecule has 0 fully saturated rings. The van der Waals surface area contributed by atoms with E-state index in [9.17, 15) is 14.9 Å². The van der Waals surface area contributed by atoms with E-state index < -0.39 is 4.92 Å². The molecule has 3 rings (SSSR count). The first-order valence-electron chi connectivity index (χ1n) is 8.65. The zero-order valence-electron chi connectivity index (χ0n) is 15.6. The second-order valence-electron chi connectivity index (χ2n) is 6.42. The standard InChI is InChI=1S/C20H20N4O4/c1-14-6-7-19(18(8-14)24(26)27)28-13-15-4-3-5-17(9-15)20(25)21-10-16-11-22-23(2)12-16/h3-9,11-12H,10,13H2,1-2H3,(H,21,25). The lowest BCUT2D eigenvalue weighted by Crippen LogP contribution is -2.22. The van der Waals surface area contributed by atoms with Gasteiger partial charge >= 0.3 is 5.69 Å². The molecule has 0 spiro atoms. The first-order chi connectivity index (χ1) is 13.4. The van der Waals surface area contributed by atoms with Crippen LogP contribution in [0, 0.1) is 17.0 Å². The average Bonchev–Trinajstić information content (AvgIpc) is 3.10. The SMILES string of the molecule is Cc1ccc(OCc2cccc(C(=O)NCc3cnn(C)c3)c2)c([N+](=O)[O-])c1. The Morgan fingerprint density at radius 1 is 1.25 bits per heavy atom. The van der Waals surface area contributed by atoms with E-state index in [0.717, 1.165) is 16.7 Å². The van der Waals surface area contributed by atoms with Gasteiger partial charge in [0.2, 0.25) is 0 Å². The van der Waals surface area contributed by atoms with Crippen LogP contribution in [0.2, 0.25) is 0 Å². The number of ether oxygens (including phenoxy) is 1. The number of carbonyl (C=O) groups is 1. The van der Waals surface area contributed by atoms with Crippen LogP contribution in [0.4, 0.5) is 5.69 Å². The Morgan fingerprint density at radius 2 is 2.07 bits per heavy atom. The molecular formula is C20H20N4O4. The molecule has 0 aliphatic rings. The third kappa shape index (κ3) is 4.73. The number of rotatable bonds is 7. The van der Waals surface area contributed by atoms with Crippen molar-refractivity contribution in [3.63, 3.8) is 0 Å². The van der Waals surface area contributed by atoms with Crippen LogP contribution in [0.3, 0.4) is 0 Å². The van der Waals surface area contributed by atoms with Crippen molar-refractivity contribution in [1.82, 2.24) is 15.1 Å². The van der Waals surface area contributed by atoms with Crippen molar-refractivity contribution < 1.29 is 14.5 Å². The van der Waals surface area contributed by atoms with Crippen molar-refractivity contribution >= 4 is 11.6 Å². The van der Waals surface area contributed by atoms with Crippen molar-refractivity contribution in [1.29, 1.82) is 0 Å². The van der Waals surface area contributed by atoms with E-state index in [1.54, 1.807) is 54.2 Å². The average molecular weight is 380 g/mol. The zero-order valence-corrected chi connectivity index (χ0v) is 15.6. The van der Waals surface area contributed by atoms with E-state index in [1.165, 1.54) is 6.07 Å². The fourth-order valence-corrected chi connectivity index (χ4v) is 2.70. The minimum absolute atomic E-state index is 0.0784. The molecule has 0 saturated heterocycles. The fourth-order valence-electron chi connectivity index (χ4n) is 2.70. The normalized spacial score (nSPS) is 10.5. The van der Waals surface area contributed by atoms with Crippen molar-refractivity contribution in [2.75, 3.05) is 0 Å². The fraction of sp³-hybridized carbons (Fsp3) is 0.200. The van der Waals surface area contributed by atoms with Crippen molar-refractivity contribution in [3.05, 3.63) is 87.2 Å². The zero-order chi connectivity index (χ0) is 20.1. The van der Waals surface area contributed by atoms with Gasteiger partial charge in [-0.25, -0.2) is 0 Å². The number of aryl methyl sites for hydroxylation is 2. The maximum absolute atomic E-state index is 12.4. The predicted molar refractivity (Wildman–Crippen MR) is 103 cm³/mol. The molecule has 0 aliphatic heterocycles. The molecular weight excluding hydrogens is 360 g/mol. The second-order valence-corrected chi connectivity index (χ2v) is 6.42. The Balaban J connectivity index is 1.65. The summed E-state index contributed by atoms with van der Waals surface area (Å²) in [5.41, 5.74) is 2.84. The van der Waals surface area contributed by atoms with Crippen LogP contribution in [-0.2, 0) is 20.2 Å². The summed E-state index contributed by atoms with van der Waals surface area (Å²) in [5.74, 6) is -0.0194. The van der Waals surface area contributed by atoms with Gasteiger partial charge in [-0.05, 0) is 36.2 Å². The molecule has 0 saturated carbocycles. The Labute approximate surface area is 161 Å². The highest BCUT2D eigenvalue weighted by Crippen LogP contribution is 2.28. The summed E-state index contributed by atoms with van der Waals surface area (Å²) in [7, 11) is 1.81. The number of nitro benzene ring substituents is 1. The maximum atomic E-state index is 12.4. The lowest BCUT2D eigenvalue weighted by Gasteiger charge is -2.09. The summed E-state index contributed by atoms with van der Waals surface area (Å²) < 4.78 is 7.29. The number of hydrogen-bond acceptors (Lipinski definition) is 5. The van der Waals surface area contributed by atoms with Crippen LogP contribution in [0.1, 0.15) is 27.0 Å². The number of hydrogen-bond donors (Lipinski definition) is 1. The van der Waals surface area contributed by atoms with Crippen LogP contribution in [-0.4, -0.2) is 20.6 Å². The highest BCUT2D eigenvalue weighted by atomic mass is 16.6. The van der Waals surface area contributed by atoms with Gasteiger partial charge < -0.3 is 10.1 Å². The van der Waals surface area contributed by atoms with Crippen LogP contribution in [0.5, 0.6) is 5.75 Å². The molecule has 1 amide bonds. The molecule has 1 N–H and O–H groups in total. The molecule has 144 valence electrons. The van der Waals surface area contributed by atoms with Crippen LogP contribution in [0.15, 0.2) is 54.9 Å². The molecule has 1 aromatic heterocycles. The number of aromatic nitrogens is 2. The maximum Gasteiger partial charge on any atom is 0.311 e. The molecule has 1 heterocycles. The molecule has 2 aromatic carbocycles. The number of amides is 1. The lowest BCUT2D eigenvalue weighted by atomic mass is 10.1. The van der Waals surface area contributed by atoms with E-state index in [2.05, 4.69) is 10.4 Å². The van der Waals surface area contributed by atoms with Gasteiger partial charge in [0.1, 0.15) is 6.61 Å². The number of nitrogens with zero attached hydrogens (tertiary/aromatic N) is 3. The van der Waals surface area contributed by atoms with E-state index >= 15 is 0 Å². The largest absolute Gasteiger partial charge is 0.482 e. The van der Waals surface area contributed by atoms with Crippen LogP contribution >= 0.6 is 0 Å². The monoisotopic (exact) mass is 380 g/mol. The highest BCUT2D eigenvalue weighted by Gasteiger charge is 2.15. The van der Waals surface area contributed by atoms with Gasteiger partial charge in [-0.2, -0.15) is 5.10 Å². The Hall–Kier alpha value is -3.68. The van der Waals surface area contributed by atoms with Crippen LogP contribution < -0.4 is 10.1 Å². The summed E-state index contributed by atoms with van der Waals surface area (Å²) >= 11 is 0. The number of nitro groups is 1. The summed E-state index contributed by atoms with van der Waals surface area (Å²) in [6.45, 7) is 2.28. The smallest absolute Gasteiger partial charge is 0.311 e. The molecule has 28 heavy (non-hydrogen) atoms. The molecule has 0 bridgehead atoms. The summed E-state index contributed by atoms with van der Waals surface area (Å²) in [4.78, 5) is 23.1. The predicted octanol–water partition coefficient (Wildman–Crippen LogP) is 3.15. The third-order valence-corrected chi connectivity index (χ3v) is 4.11. The van der Waals surface area contributed by atoms with Crippen molar-refractivity contribution in [2.45, 2.75) is 20.1 Å². The van der Waals surface area contributed by atoms with Gasteiger partial charge in [0, 0.05) is 37.0 Å². The van der Waals surface area contributed by atoms with Crippen molar-refractivity contribution in [2.24, 2.45) is 7.05 Å². The van der Waals surface area contributed by atoms with E-state index in [-0.39, 0.29) is 24.0 Å². The number of benzene rings is 2. The van der Waals surface area contributed by atoms with Gasteiger partial charge in [-0.15, -0.1) is 0 Å². The van der Waals surface area contributed by atoms with Gasteiger partial charge in [0.25, 0.3) is 5.91 Å². The summed E-state index contributed by atoms with van der Waals surface area (Å²) in [5, 5.41) is 18.1. The van der Waals surface area contributed by atoms with E-state index in [0.29, 0.717) is 12.1 Å². The topological polar surface area (TPSA) is 99.3 Å². The van der Waals surface area contributed by atoms with Gasteiger partial charge in [-0.1, -0.05) is 18.2 Å². The van der Waals surface area contributed by atoms with Gasteiger partial charge in [0.15, 0.2) is 5.75 Å². The van der Waals surface area contributed by atoms with E-state index in [1.807, 2.05) is 13.2 Å². The van der Waals surface area contributed by atoms with Gasteiger partial charge in [-0.3, -0.25) is 19.6 Å². The molecule has 0 radical (unpaired) electrons. The van der Waals surface area contributed by atoms with Crippen molar-refractivity contribution in [3.8, 4) is 5.75 Å². The quantitative estimate of drug-likeness (QED) is 0.501. The van der Waals surface area contributed by atoms with E-state index in [4.69, 9.17) is 4.74 Å². The molecule has 8 heteroatoms. The number of nitrogens with one attached hydrogen (secondary N) is 1. The molecule has 8 nitrogen and oxygen atoms in total. The second kappa shape index (κ2) is 8.34. The lowest BCUT2D eigenvalue weighted by molar-refractivity contribution is -0.386. The molecule has 0 aliphatic carbocycles. The summed E-state index contributed by atoms with van der Waals surface area (Å²) in [6.07, 6.45) is 3.53. The third-order valence-electron chi connectivity index (χ3n) is 4.11. The Morgan fingerprint density at radius 3 is 2.79 bits per heavy atom. The minimum Gasteiger partial charge on any atom is -0.482 e.